The Labute approximate surface area is 108 Å². The van der Waals surface area contributed by atoms with Gasteiger partial charge in [-0.1, -0.05) is 41.5 Å². The van der Waals surface area contributed by atoms with Gasteiger partial charge in [0.25, 0.3) is 0 Å². The fourth-order valence-corrected chi connectivity index (χ4v) is 9.21. The smallest absolute Gasteiger partial charge is 0.200 e. The Morgan fingerprint density at radius 1 is 1.00 bits per heavy atom. The first-order valence-electron chi connectivity index (χ1n) is 7.20. The van der Waals surface area contributed by atoms with Crippen LogP contribution in [0.5, 0.6) is 0 Å². The number of hydrogen-bond acceptors (Lipinski definition) is 2. The fraction of sp³-hybridized carbons (Fsp3) is 1.00. The van der Waals surface area contributed by atoms with E-state index in [1.54, 1.807) is 0 Å². The summed E-state index contributed by atoms with van der Waals surface area (Å²) in [5, 5.41) is 0. The predicted octanol–water partition coefficient (Wildman–Crippen LogP) is 3.92. The van der Waals surface area contributed by atoms with E-state index in [0.29, 0.717) is 22.7 Å². The molecule has 0 saturated heterocycles. The van der Waals surface area contributed by atoms with Crippen LogP contribution in [0, 0.1) is 5.92 Å². The molecule has 1 rings (SSSR count). The third-order valence-electron chi connectivity index (χ3n) is 4.55. The quantitative estimate of drug-likeness (QED) is 0.732. The largest absolute Gasteiger partial charge is 0.416 e. The molecule has 1 aliphatic carbocycles. The maximum atomic E-state index is 6.55. The third kappa shape index (κ3) is 3.12. The molecule has 17 heavy (non-hydrogen) atoms. The highest BCUT2D eigenvalue weighted by Crippen LogP contribution is 2.43. The molecule has 0 atom stereocenters. The fourth-order valence-electron chi connectivity index (χ4n) is 3.69. The lowest BCUT2D eigenvalue weighted by atomic mass is 9.82. The van der Waals surface area contributed by atoms with Gasteiger partial charge in [0, 0.05) is 12.6 Å². The number of hydrogen-bond donors (Lipinski definition) is 1. The second kappa shape index (κ2) is 5.85. The van der Waals surface area contributed by atoms with E-state index in [1.165, 1.54) is 12.8 Å². The average molecular weight is 257 g/mol. The van der Waals surface area contributed by atoms with Crippen LogP contribution in [0.2, 0.25) is 16.6 Å². The van der Waals surface area contributed by atoms with Gasteiger partial charge in [-0.05, 0) is 35.4 Å². The summed E-state index contributed by atoms with van der Waals surface area (Å²) in [6, 6.07) is 0.441. The molecule has 2 nitrogen and oxygen atoms in total. The molecule has 0 unspecified atom stereocenters. The van der Waals surface area contributed by atoms with Crippen molar-refractivity contribution in [2.75, 3.05) is 6.61 Å². The van der Waals surface area contributed by atoms with Crippen molar-refractivity contribution >= 4 is 8.32 Å². The zero-order valence-electron chi connectivity index (χ0n) is 12.5. The van der Waals surface area contributed by atoms with Crippen LogP contribution in [0.4, 0.5) is 0 Å². The normalized spacial score (nSPS) is 25.8. The molecule has 0 heterocycles. The Morgan fingerprint density at radius 3 is 1.71 bits per heavy atom. The minimum atomic E-state index is -1.64. The topological polar surface area (TPSA) is 35.2 Å². The number of nitrogens with two attached hydrogens (primary N) is 1. The molecule has 0 spiro atoms. The molecule has 0 radical (unpaired) electrons. The van der Waals surface area contributed by atoms with Crippen molar-refractivity contribution in [2.24, 2.45) is 11.7 Å². The Bertz CT molecular complexity index is 213. The lowest BCUT2D eigenvalue weighted by Gasteiger charge is -2.44. The third-order valence-corrected chi connectivity index (χ3v) is 10.6. The number of rotatable bonds is 6. The standard InChI is InChI=1S/C14H31NOSi/c1-10(2)17(11(3)4,12(5)6)16-9-13-7-14(15)8-13/h10-14H,7-9,15H2,1-6H3. The predicted molar refractivity (Wildman–Crippen MR) is 77.7 cm³/mol. The maximum Gasteiger partial charge on any atom is 0.200 e. The molecule has 0 aromatic carbocycles. The van der Waals surface area contributed by atoms with Gasteiger partial charge in [-0.2, -0.15) is 0 Å². The van der Waals surface area contributed by atoms with Crippen molar-refractivity contribution in [1.29, 1.82) is 0 Å². The molecule has 1 aliphatic rings. The highest BCUT2D eigenvalue weighted by molar-refractivity contribution is 6.77. The molecule has 0 aliphatic heterocycles. The van der Waals surface area contributed by atoms with Gasteiger partial charge in [0.15, 0.2) is 8.32 Å². The highest BCUT2D eigenvalue weighted by Gasteiger charge is 2.45. The monoisotopic (exact) mass is 257 g/mol. The van der Waals surface area contributed by atoms with Crippen LogP contribution in [0.15, 0.2) is 0 Å². The molecule has 3 heteroatoms. The van der Waals surface area contributed by atoms with Crippen LogP contribution in [0.3, 0.4) is 0 Å². The van der Waals surface area contributed by atoms with Crippen molar-refractivity contribution in [3.8, 4) is 0 Å². The molecule has 102 valence electrons. The Balaban J connectivity index is 2.62. The van der Waals surface area contributed by atoms with Gasteiger partial charge in [-0.15, -0.1) is 0 Å². The molecule has 0 aromatic heterocycles. The molecule has 0 aromatic rings. The van der Waals surface area contributed by atoms with Gasteiger partial charge in [0.1, 0.15) is 0 Å². The van der Waals surface area contributed by atoms with Crippen molar-refractivity contribution in [2.45, 2.75) is 77.0 Å². The molecular weight excluding hydrogens is 226 g/mol. The van der Waals surface area contributed by atoms with E-state index in [4.69, 9.17) is 10.2 Å². The van der Waals surface area contributed by atoms with Crippen LogP contribution in [0.1, 0.15) is 54.4 Å². The summed E-state index contributed by atoms with van der Waals surface area (Å²) in [5.41, 5.74) is 7.92. The molecule has 0 bridgehead atoms. The Hall–Kier alpha value is 0.137. The molecule has 1 saturated carbocycles. The van der Waals surface area contributed by atoms with Gasteiger partial charge >= 0.3 is 0 Å². The summed E-state index contributed by atoms with van der Waals surface area (Å²) in [6.45, 7) is 15.0. The van der Waals surface area contributed by atoms with E-state index in [-0.39, 0.29) is 0 Å². The highest BCUT2D eigenvalue weighted by atomic mass is 28.4. The van der Waals surface area contributed by atoms with Gasteiger partial charge in [-0.25, -0.2) is 0 Å². The van der Waals surface area contributed by atoms with E-state index < -0.39 is 8.32 Å². The van der Waals surface area contributed by atoms with Crippen molar-refractivity contribution < 1.29 is 4.43 Å². The summed E-state index contributed by atoms with van der Waals surface area (Å²) in [7, 11) is -1.64. The summed E-state index contributed by atoms with van der Waals surface area (Å²) >= 11 is 0. The van der Waals surface area contributed by atoms with E-state index >= 15 is 0 Å². The first-order valence-corrected chi connectivity index (χ1v) is 9.34. The second-order valence-corrected chi connectivity index (χ2v) is 12.2. The lowest BCUT2D eigenvalue weighted by Crippen LogP contribution is -2.50. The second-order valence-electron chi connectivity index (χ2n) is 6.73. The van der Waals surface area contributed by atoms with Crippen molar-refractivity contribution in [1.82, 2.24) is 0 Å². The minimum absolute atomic E-state index is 0.441. The Morgan fingerprint density at radius 2 is 1.41 bits per heavy atom. The van der Waals surface area contributed by atoms with Crippen LogP contribution in [0.25, 0.3) is 0 Å². The van der Waals surface area contributed by atoms with Crippen LogP contribution in [-0.4, -0.2) is 21.0 Å². The van der Waals surface area contributed by atoms with Gasteiger partial charge in [0.2, 0.25) is 0 Å². The van der Waals surface area contributed by atoms with Crippen LogP contribution in [-0.2, 0) is 4.43 Å². The van der Waals surface area contributed by atoms with E-state index in [2.05, 4.69) is 41.5 Å². The zero-order chi connectivity index (χ0) is 13.2. The lowest BCUT2D eigenvalue weighted by molar-refractivity contribution is 0.144. The summed E-state index contributed by atoms with van der Waals surface area (Å²) in [5.74, 6) is 0.730. The van der Waals surface area contributed by atoms with Crippen LogP contribution >= 0.6 is 0 Å². The summed E-state index contributed by atoms with van der Waals surface area (Å²) < 4.78 is 6.55. The van der Waals surface area contributed by atoms with E-state index in [0.717, 1.165) is 12.5 Å². The SMILES string of the molecule is CC(C)[Si](OCC1CC(N)C1)(C(C)C)C(C)C. The van der Waals surface area contributed by atoms with Gasteiger partial charge < -0.3 is 10.2 Å². The molecule has 0 amide bonds. The average Bonchev–Trinajstić information content (AvgIpc) is 2.13. The van der Waals surface area contributed by atoms with Crippen LogP contribution < -0.4 is 5.73 Å². The molecule has 1 fully saturated rings. The first kappa shape index (κ1) is 15.2. The zero-order valence-corrected chi connectivity index (χ0v) is 13.5. The van der Waals surface area contributed by atoms with E-state index in [1.807, 2.05) is 0 Å². The van der Waals surface area contributed by atoms with Gasteiger partial charge in [-0.3, -0.25) is 0 Å². The van der Waals surface area contributed by atoms with E-state index in [9.17, 15) is 0 Å². The summed E-state index contributed by atoms with van der Waals surface area (Å²) in [4.78, 5) is 0. The molecular formula is C14H31NOSi. The first-order chi connectivity index (χ1) is 7.80. The van der Waals surface area contributed by atoms with Crippen molar-refractivity contribution in [3.63, 3.8) is 0 Å². The molecule has 2 N–H and O–H groups in total. The Kier molecular flexibility index (Phi) is 5.23. The summed E-state index contributed by atoms with van der Waals surface area (Å²) in [6.07, 6.45) is 2.33. The maximum absolute atomic E-state index is 6.55. The minimum Gasteiger partial charge on any atom is -0.416 e. The van der Waals surface area contributed by atoms with Gasteiger partial charge in [0.05, 0.1) is 0 Å². The van der Waals surface area contributed by atoms with Crippen molar-refractivity contribution in [3.05, 3.63) is 0 Å².